The van der Waals surface area contributed by atoms with Gasteiger partial charge in [0.1, 0.15) is 25.0 Å². The average molecular weight is 436 g/mol. The minimum absolute atomic E-state index is 0.226. The van der Waals surface area contributed by atoms with Crippen LogP contribution in [0.15, 0.2) is 65.2 Å². The van der Waals surface area contributed by atoms with Crippen molar-refractivity contribution in [2.45, 2.75) is 38.3 Å². The molecule has 3 aromatic rings. The molecule has 0 radical (unpaired) electrons. The zero-order valence-corrected chi connectivity index (χ0v) is 17.3. The predicted octanol–water partition coefficient (Wildman–Crippen LogP) is 2.63. The van der Waals surface area contributed by atoms with Crippen LogP contribution in [0, 0.1) is 5.92 Å². The topological polar surface area (TPSA) is 150 Å². The Morgan fingerprint density at radius 1 is 1.34 bits per heavy atom. The van der Waals surface area contributed by atoms with Crippen molar-refractivity contribution in [3.8, 4) is 5.82 Å². The van der Waals surface area contributed by atoms with Gasteiger partial charge in [-0.25, -0.2) is 19.3 Å². The Hall–Kier alpha value is -4.02. The lowest BCUT2D eigenvalue weighted by Gasteiger charge is -2.29. The van der Waals surface area contributed by atoms with E-state index in [9.17, 15) is 15.1 Å². The molecule has 4 unspecified atom stereocenters. The van der Waals surface area contributed by atoms with Gasteiger partial charge in [-0.15, -0.1) is 0 Å². The first-order chi connectivity index (χ1) is 15.5. The molecule has 1 aliphatic heterocycles. The predicted molar refractivity (Wildman–Crippen MR) is 111 cm³/mol. The minimum atomic E-state index is -1.48. The lowest BCUT2D eigenvalue weighted by Crippen LogP contribution is -2.41. The number of ether oxygens (including phenoxy) is 2. The highest BCUT2D eigenvalue weighted by Crippen LogP contribution is 2.45. The summed E-state index contributed by atoms with van der Waals surface area (Å²) in [5, 5.41) is 7.79. The molecule has 0 N–H and O–H groups in total. The van der Waals surface area contributed by atoms with Crippen molar-refractivity contribution < 1.29 is 14.3 Å². The lowest BCUT2D eigenvalue weighted by atomic mass is 9.95. The van der Waals surface area contributed by atoms with Crippen LogP contribution in [0.1, 0.15) is 36.9 Å². The van der Waals surface area contributed by atoms with E-state index in [4.69, 9.17) is 9.47 Å². The molecule has 12 heteroatoms. The van der Waals surface area contributed by atoms with E-state index in [0.29, 0.717) is 11.4 Å². The molecule has 0 amide bonds. The number of benzene rings is 1. The number of esters is 1. The highest BCUT2D eigenvalue weighted by molar-refractivity contribution is 5.89. The number of nitrogens with zero attached hydrogens (tertiary/aromatic N) is 8. The summed E-state index contributed by atoms with van der Waals surface area (Å²) >= 11 is 0. The second-order valence-corrected chi connectivity index (χ2v) is 7.26. The molecule has 4 rings (SSSR count). The molecule has 2 aromatic heterocycles. The highest BCUT2D eigenvalue weighted by Gasteiger charge is 2.55. The molecule has 1 aliphatic rings. The standard InChI is InChI=1S/C20H20N8O4/c1-3-20(25-26-21)16(31-18(29)14-7-5-4-6-8-14)13(2)17(32-20)27-10-9-15(24-19(27)30)28-12-22-11-23-28/h4-13,16-17H,3H2,1-2H3. The van der Waals surface area contributed by atoms with Crippen LogP contribution in [0.25, 0.3) is 16.3 Å². The first-order valence-electron chi connectivity index (χ1n) is 9.93. The van der Waals surface area contributed by atoms with Crippen molar-refractivity contribution in [3.63, 3.8) is 0 Å². The molecule has 0 bridgehead atoms. The Morgan fingerprint density at radius 3 is 2.75 bits per heavy atom. The zero-order valence-electron chi connectivity index (χ0n) is 17.3. The number of hydrogen-bond acceptors (Lipinski definition) is 8. The quantitative estimate of drug-likeness (QED) is 0.249. The maximum absolute atomic E-state index is 12.8. The van der Waals surface area contributed by atoms with Gasteiger partial charge in [0.05, 0.1) is 5.56 Å². The van der Waals surface area contributed by atoms with E-state index in [-0.39, 0.29) is 6.42 Å². The second kappa shape index (κ2) is 8.61. The van der Waals surface area contributed by atoms with Crippen molar-refractivity contribution in [2.24, 2.45) is 11.0 Å². The number of aromatic nitrogens is 5. The lowest BCUT2D eigenvalue weighted by molar-refractivity contribution is -0.105. The van der Waals surface area contributed by atoms with Gasteiger partial charge in [0.2, 0.25) is 0 Å². The molecule has 1 saturated heterocycles. The number of azide groups is 1. The molecule has 32 heavy (non-hydrogen) atoms. The molecule has 164 valence electrons. The van der Waals surface area contributed by atoms with Crippen LogP contribution >= 0.6 is 0 Å². The molecule has 12 nitrogen and oxygen atoms in total. The summed E-state index contributed by atoms with van der Waals surface area (Å²) in [7, 11) is 0. The van der Waals surface area contributed by atoms with Gasteiger partial charge in [-0.3, -0.25) is 4.57 Å². The average Bonchev–Trinajstić information content (AvgIpc) is 3.43. The fourth-order valence-electron chi connectivity index (χ4n) is 3.77. The van der Waals surface area contributed by atoms with E-state index in [1.807, 2.05) is 0 Å². The molecule has 0 aliphatic carbocycles. The number of carbonyl (C=O) groups is 1. The van der Waals surface area contributed by atoms with E-state index in [1.54, 1.807) is 50.2 Å². The zero-order chi connectivity index (χ0) is 22.7. The number of rotatable bonds is 6. The van der Waals surface area contributed by atoms with E-state index in [2.05, 4.69) is 25.1 Å². The SMILES string of the molecule is CCC1(N=[N+]=[N-])OC(n2ccc(-n3cncn3)nc2=O)C(C)C1OC(=O)c1ccccc1. The third-order valence-electron chi connectivity index (χ3n) is 5.40. The number of hydrogen-bond donors (Lipinski definition) is 0. The highest BCUT2D eigenvalue weighted by atomic mass is 16.6. The van der Waals surface area contributed by atoms with Crippen LogP contribution in [0.4, 0.5) is 0 Å². The Bertz CT molecular complexity index is 1210. The van der Waals surface area contributed by atoms with Gasteiger partial charge < -0.3 is 9.47 Å². The molecule has 0 spiro atoms. The molecule has 3 heterocycles. The molecule has 0 saturated carbocycles. The third-order valence-corrected chi connectivity index (χ3v) is 5.40. The van der Waals surface area contributed by atoms with Crippen molar-refractivity contribution in [2.75, 3.05) is 0 Å². The summed E-state index contributed by atoms with van der Waals surface area (Å²) in [6.45, 7) is 3.51. The fourth-order valence-corrected chi connectivity index (χ4v) is 3.77. The van der Waals surface area contributed by atoms with Gasteiger partial charge in [0.25, 0.3) is 0 Å². The van der Waals surface area contributed by atoms with Gasteiger partial charge in [0, 0.05) is 17.0 Å². The summed E-state index contributed by atoms with van der Waals surface area (Å²) in [5.74, 6) is -0.812. The smallest absolute Gasteiger partial charge is 0.351 e. The Labute approximate surface area is 182 Å². The Balaban J connectivity index is 1.68. The van der Waals surface area contributed by atoms with Crippen molar-refractivity contribution in [1.82, 2.24) is 24.3 Å². The summed E-state index contributed by atoms with van der Waals surface area (Å²) in [5.41, 5.74) is 7.44. The van der Waals surface area contributed by atoms with Gasteiger partial charge in [-0.1, -0.05) is 37.2 Å². The largest absolute Gasteiger partial charge is 0.455 e. The molecular formula is C20H20N8O4. The van der Waals surface area contributed by atoms with Crippen LogP contribution < -0.4 is 5.69 Å². The summed E-state index contributed by atoms with van der Waals surface area (Å²) in [6, 6.07) is 10.0. The summed E-state index contributed by atoms with van der Waals surface area (Å²) in [4.78, 5) is 36.3. The summed E-state index contributed by atoms with van der Waals surface area (Å²) in [6.07, 6.45) is 2.68. The van der Waals surface area contributed by atoms with Crippen LogP contribution in [-0.2, 0) is 9.47 Å². The van der Waals surface area contributed by atoms with Crippen LogP contribution in [0.2, 0.25) is 0 Å². The van der Waals surface area contributed by atoms with Gasteiger partial charge in [0.15, 0.2) is 11.5 Å². The van der Waals surface area contributed by atoms with E-state index < -0.39 is 35.6 Å². The first kappa shape index (κ1) is 21.2. The monoisotopic (exact) mass is 436 g/mol. The van der Waals surface area contributed by atoms with Gasteiger partial charge in [-0.2, -0.15) is 10.1 Å². The van der Waals surface area contributed by atoms with Gasteiger partial charge in [-0.05, 0) is 30.2 Å². The van der Waals surface area contributed by atoms with Crippen LogP contribution in [0.3, 0.4) is 0 Å². The number of carbonyl (C=O) groups excluding carboxylic acids is 1. The van der Waals surface area contributed by atoms with E-state index in [0.717, 1.165) is 0 Å². The normalized spacial score (nSPS) is 24.6. The van der Waals surface area contributed by atoms with Crippen molar-refractivity contribution in [1.29, 1.82) is 0 Å². The Morgan fingerprint density at radius 2 is 2.12 bits per heavy atom. The van der Waals surface area contributed by atoms with E-state index in [1.165, 1.54) is 28.1 Å². The molecule has 4 atom stereocenters. The molecule has 1 aromatic carbocycles. The summed E-state index contributed by atoms with van der Waals surface area (Å²) < 4.78 is 14.5. The maximum Gasteiger partial charge on any atom is 0.351 e. The first-order valence-corrected chi connectivity index (χ1v) is 9.93. The maximum atomic E-state index is 12.8. The van der Waals surface area contributed by atoms with E-state index >= 15 is 0 Å². The second-order valence-electron chi connectivity index (χ2n) is 7.26. The van der Waals surface area contributed by atoms with Crippen LogP contribution in [-0.4, -0.2) is 42.1 Å². The van der Waals surface area contributed by atoms with Crippen molar-refractivity contribution >= 4 is 5.97 Å². The molecular weight excluding hydrogens is 416 g/mol. The van der Waals surface area contributed by atoms with Crippen molar-refractivity contribution in [3.05, 3.63) is 81.7 Å². The third kappa shape index (κ3) is 3.72. The van der Waals surface area contributed by atoms with Gasteiger partial charge >= 0.3 is 11.7 Å². The Kier molecular flexibility index (Phi) is 5.71. The van der Waals surface area contributed by atoms with Crippen LogP contribution in [0.5, 0.6) is 0 Å². The fraction of sp³-hybridized carbons (Fsp3) is 0.350. The minimum Gasteiger partial charge on any atom is -0.455 e. The molecule has 1 fully saturated rings.